The first-order chi connectivity index (χ1) is 15.6. The Kier molecular flexibility index (Phi) is 6.56. The molecule has 1 fully saturated rings. The van der Waals surface area contributed by atoms with Gasteiger partial charge in [0.1, 0.15) is 11.4 Å². The molecular formula is C25H28F3N3O2. The van der Waals surface area contributed by atoms with Crippen LogP contribution in [0.2, 0.25) is 0 Å². The Balaban J connectivity index is 1.39. The van der Waals surface area contributed by atoms with Crippen LogP contribution in [-0.2, 0) is 23.0 Å². The Morgan fingerprint density at radius 1 is 1.21 bits per heavy atom. The molecule has 0 amide bonds. The summed E-state index contributed by atoms with van der Waals surface area (Å²) in [5, 5.41) is 15.2. The lowest BCUT2D eigenvalue weighted by atomic mass is 9.78. The van der Waals surface area contributed by atoms with Crippen molar-refractivity contribution in [3.8, 4) is 0 Å². The summed E-state index contributed by atoms with van der Waals surface area (Å²) in [6, 6.07) is 7.48. The van der Waals surface area contributed by atoms with E-state index in [1.807, 2.05) is 0 Å². The van der Waals surface area contributed by atoms with Gasteiger partial charge in [0.15, 0.2) is 0 Å². The third-order valence-corrected chi connectivity index (χ3v) is 6.47. The number of alkyl halides is 3. The molecular weight excluding hydrogens is 431 g/mol. The van der Waals surface area contributed by atoms with E-state index in [1.54, 1.807) is 35.8 Å². The average molecular weight is 460 g/mol. The molecule has 1 saturated carbocycles. The van der Waals surface area contributed by atoms with Crippen LogP contribution in [0.25, 0.3) is 5.52 Å². The van der Waals surface area contributed by atoms with E-state index in [0.29, 0.717) is 36.9 Å². The molecule has 3 heterocycles. The first kappa shape index (κ1) is 23.4. The van der Waals surface area contributed by atoms with E-state index in [2.05, 4.69) is 10.1 Å². The van der Waals surface area contributed by atoms with E-state index >= 15 is 0 Å². The normalized spacial score (nSPS) is 16.5. The summed E-state index contributed by atoms with van der Waals surface area (Å²) in [7, 11) is 0. The summed E-state index contributed by atoms with van der Waals surface area (Å²) in [5.74, 6) is 0.200. The molecule has 0 aromatic carbocycles. The Bertz CT molecular complexity index is 1120. The Labute approximate surface area is 190 Å². The number of aryl methyl sites for hydroxylation is 1. The molecule has 0 unspecified atom stereocenters. The number of carbonyl (C=O) groups is 1. The van der Waals surface area contributed by atoms with Gasteiger partial charge >= 0.3 is 6.18 Å². The van der Waals surface area contributed by atoms with Crippen LogP contribution in [0, 0.1) is 0 Å². The summed E-state index contributed by atoms with van der Waals surface area (Å²) in [4.78, 5) is 16.6. The smallest absolute Gasteiger partial charge is 0.383 e. The summed E-state index contributed by atoms with van der Waals surface area (Å²) in [6.07, 6.45) is 3.84. The molecule has 5 nitrogen and oxygen atoms in total. The second-order valence-corrected chi connectivity index (χ2v) is 9.14. The lowest BCUT2D eigenvalue weighted by Gasteiger charge is -2.26. The highest BCUT2D eigenvalue weighted by atomic mass is 19.4. The topological polar surface area (TPSA) is 67.5 Å². The lowest BCUT2D eigenvalue weighted by Crippen LogP contribution is -2.26. The highest BCUT2D eigenvalue weighted by molar-refractivity contribution is 5.79. The zero-order chi connectivity index (χ0) is 23.6. The van der Waals surface area contributed by atoms with Crippen molar-refractivity contribution in [1.82, 2.24) is 14.6 Å². The minimum Gasteiger partial charge on any atom is -0.383 e. The molecule has 33 heavy (non-hydrogen) atoms. The number of pyridine rings is 2. The highest BCUT2D eigenvalue weighted by Crippen LogP contribution is 2.41. The third kappa shape index (κ3) is 5.27. The zero-order valence-electron chi connectivity index (χ0n) is 18.6. The Morgan fingerprint density at radius 2 is 2.00 bits per heavy atom. The van der Waals surface area contributed by atoms with Crippen LogP contribution in [-0.4, -0.2) is 25.5 Å². The van der Waals surface area contributed by atoms with E-state index in [0.717, 1.165) is 36.6 Å². The van der Waals surface area contributed by atoms with Gasteiger partial charge in [0.25, 0.3) is 0 Å². The van der Waals surface area contributed by atoms with Crippen LogP contribution in [0.5, 0.6) is 0 Å². The van der Waals surface area contributed by atoms with Crippen molar-refractivity contribution in [1.29, 1.82) is 0 Å². The number of fused-ring (bicyclic) bond motifs is 1. The summed E-state index contributed by atoms with van der Waals surface area (Å²) in [6.45, 7) is 1.59. The molecule has 0 radical (unpaired) electrons. The third-order valence-electron chi connectivity index (χ3n) is 6.47. The second kappa shape index (κ2) is 9.25. The Morgan fingerprint density at radius 3 is 2.64 bits per heavy atom. The van der Waals surface area contributed by atoms with Gasteiger partial charge in [-0.05, 0) is 69.2 Å². The standard InChI is InChI=1S/C25H28F3N3O2/c1-24(33,22-11-4-5-13-29-22)16-19(32)9-2-3-10-20-23(17-7-6-8-17)21-15-18(25(26,27)28)12-14-31(21)30-20/h4-5,11-15,17,33H,2-3,6-10,16H2,1H3/t24-/m1/s1. The van der Waals surface area contributed by atoms with Crippen molar-refractivity contribution in [3.05, 3.63) is 65.2 Å². The van der Waals surface area contributed by atoms with Gasteiger partial charge in [0.05, 0.1) is 22.5 Å². The number of ketones is 1. The van der Waals surface area contributed by atoms with E-state index in [4.69, 9.17) is 0 Å². The van der Waals surface area contributed by atoms with E-state index in [-0.39, 0.29) is 18.1 Å². The molecule has 3 aromatic heterocycles. The van der Waals surface area contributed by atoms with Crippen LogP contribution in [0.4, 0.5) is 13.2 Å². The molecule has 1 atom stereocenters. The number of aliphatic hydroxyl groups is 1. The molecule has 1 aliphatic carbocycles. The fourth-order valence-electron chi connectivity index (χ4n) is 4.47. The maximum Gasteiger partial charge on any atom is 0.416 e. The first-order valence-electron chi connectivity index (χ1n) is 11.4. The van der Waals surface area contributed by atoms with Crippen molar-refractivity contribution in [2.75, 3.05) is 0 Å². The Hall–Kier alpha value is -2.74. The molecule has 0 spiro atoms. The number of aromatic nitrogens is 3. The maximum absolute atomic E-state index is 13.2. The van der Waals surface area contributed by atoms with Crippen LogP contribution < -0.4 is 0 Å². The number of nitrogens with zero attached hydrogens (tertiary/aromatic N) is 3. The molecule has 0 bridgehead atoms. The number of unbranched alkanes of at least 4 members (excludes halogenated alkanes) is 1. The van der Waals surface area contributed by atoms with Crippen LogP contribution in [0.15, 0.2) is 42.7 Å². The SMILES string of the molecule is C[C@@](O)(CC(=O)CCCCc1nn2ccc(C(F)(F)F)cc2c1C1CCC1)c1ccccn1. The molecule has 3 aromatic rings. The second-order valence-electron chi connectivity index (χ2n) is 9.14. The fraction of sp³-hybridized carbons (Fsp3) is 0.480. The fourth-order valence-corrected chi connectivity index (χ4v) is 4.47. The molecule has 0 aliphatic heterocycles. The average Bonchev–Trinajstić information content (AvgIpc) is 3.07. The monoisotopic (exact) mass is 459 g/mol. The van der Waals surface area contributed by atoms with Gasteiger partial charge in [-0.3, -0.25) is 9.78 Å². The van der Waals surface area contributed by atoms with Crippen LogP contribution in [0.3, 0.4) is 0 Å². The maximum atomic E-state index is 13.2. The van der Waals surface area contributed by atoms with Crippen molar-refractivity contribution in [2.45, 2.75) is 76.0 Å². The van der Waals surface area contributed by atoms with Crippen molar-refractivity contribution in [2.24, 2.45) is 0 Å². The quantitative estimate of drug-likeness (QED) is 0.423. The predicted octanol–water partition coefficient (Wildman–Crippen LogP) is 5.60. The molecule has 1 aliphatic rings. The van der Waals surface area contributed by atoms with Gasteiger partial charge in [0, 0.05) is 30.8 Å². The first-order valence-corrected chi connectivity index (χ1v) is 11.4. The number of carbonyl (C=O) groups excluding carboxylic acids is 1. The predicted molar refractivity (Wildman–Crippen MR) is 118 cm³/mol. The summed E-state index contributed by atoms with van der Waals surface area (Å²) >= 11 is 0. The van der Waals surface area contributed by atoms with Crippen LogP contribution >= 0.6 is 0 Å². The van der Waals surface area contributed by atoms with E-state index < -0.39 is 17.3 Å². The summed E-state index contributed by atoms with van der Waals surface area (Å²) < 4.78 is 41.2. The lowest BCUT2D eigenvalue weighted by molar-refractivity contribution is -0.137. The molecule has 0 saturated heterocycles. The summed E-state index contributed by atoms with van der Waals surface area (Å²) in [5.41, 5.74) is 0.780. The number of rotatable bonds is 9. The van der Waals surface area contributed by atoms with Gasteiger partial charge in [-0.15, -0.1) is 0 Å². The van der Waals surface area contributed by atoms with E-state index in [9.17, 15) is 23.1 Å². The molecule has 1 N–H and O–H groups in total. The molecule has 176 valence electrons. The molecule has 4 rings (SSSR count). The number of Topliss-reactive ketones (excluding diaryl/α,β-unsaturated/α-hetero) is 1. The number of hydrogen-bond acceptors (Lipinski definition) is 4. The molecule has 8 heteroatoms. The van der Waals surface area contributed by atoms with Crippen molar-refractivity contribution in [3.63, 3.8) is 0 Å². The van der Waals surface area contributed by atoms with Crippen molar-refractivity contribution < 1.29 is 23.1 Å². The largest absolute Gasteiger partial charge is 0.416 e. The van der Waals surface area contributed by atoms with Gasteiger partial charge < -0.3 is 5.11 Å². The van der Waals surface area contributed by atoms with Gasteiger partial charge in [-0.2, -0.15) is 18.3 Å². The van der Waals surface area contributed by atoms with Gasteiger partial charge in [-0.25, -0.2) is 4.52 Å². The number of halogens is 3. The van der Waals surface area contributed by atoms with Crippen molar-refractivity contribution >= 4 is 11.3 Å². The minimum atomic E-state index is -4.39. The highest BCUT2D eigenvalue weighted by Gasteiger charge is 2.33. The van der Waals surface area contributed by atoms with E-state index in [1.165, 1.54) is 12.3 Å². The minimum absolute atomic E-state index is 0.00801. The number of hydrogen-bond donors (Lipinski definition) is 1. The van der Waals surface area contributed by atoms with Gasteiger partial charge in [-0.1, -0.05) is 12.5 Å². The van der Waals surface area contributed by atoms with Gasteiger partial charge in [0.2, 0.25) is 0 Å². The zero-order valence-corrected chi connectivity index (χ0v) is 18.6. The van der Waals surface area contributed by atoms with Crippen LogP contribution in [0.1, 0.15) is 80.3 Å².